The molecular formula is C15H24N4O7S2. The van der Waals surface area contributed by atoms with Crippen LogP contribution in [-0.2, 0) is 24.0 Å². The third-order valence-corrected chi connectivity index (χ3v) is 4.89. The van der Waals surface area contributed by atoms with Crippen LogP contribution in [0.2, 0.25) is 0 Å². The molecule has 0 aromatic carbocycles. The summed E-state index contributed by atoms with van der Waals surface area (Å²) in [6, 6.07) is -4.53. The molecule has 0 aliphatic carbocycles. The second-order valence-electron chi connectivity index (χ2n) is 6.22. The third kappa shape index (κ3) is 6.56. The Bertz CT molecular complexity index is 634. The zero-order valence-corrected chi connectivity index (χ0v) is 16.7. The summed E-state index contributed by atoms with van der Waals surface area (Å²) in [5.41, 5.74) is 5.59. The van der Waals surface area contributed by atoms with Crippen LogP contribution in [0.3, 0.4) is 0 Å². The standard InChI is InChI=1S/C15H24N4O7S2/c16-7(4-11(20)21)14(24)19-3-1-2-10(19)13(23)17-8(5-27)12(22)18-9(6-28)15(25)26/h7-10,27-28H,1-6,16H2,(H,17,23)(H,18,22)(H,20,21)(H,25,26). The van der Waals surface area contributed by atoms with Crippen LogP contribution in [0.1, 0.15) is 19.3 Å². The number of carboxylic acids is 2. The van der Waals surface area contributed by atoms with Gasteiger partial charge in [0.1, 0.15) is 18.1 Å². The van der Waals surface area contributed by atoms with Crippen molar-refractivity contribution < 1.29 is 34.2 Å². The Morgan fingerprint density at radius 3 is 2.18 bits per heavy atom. The molecule has 3 amide bonds. The quantitative estimate of drug-likeness (QED) is 0.187. The van der Waals surface area contributed by atoms with Gasteiger partial charge >= 0.3 is 11.9 Å². The van der Waals surface area contributed by atoms with Crippen LogP contribution < -0.4 is 16.4 Å². The summed E-state index contributed by atoms with van der Waals surface area (Å²) in [6.45, 7) is 0.239. The lowest BCUT2D eigenvalue weighted by atomic mass is 10.1. The second-order valence-corrected chi connectivity index (χ2v) is 6.95. The molecule has 0 aromatic rings. The predicted octanol–water partition coefficient (Wildman–Crippen LogP) is -2.31. The van der Waals surface area contributed by atoms with Crippen molar-refractivity contribution in [2.24, 2.45) is 5.73 Å². The van der Waals surface area contributed by atoms with Crippen molar-refractivity contribution >= 4 is 54.9 Å². The smallest absolute Gasteiger partial charge is 0.327 e. The minimum absolute atomic E-state index is 0.102. The summed E-state index contributed by atoms with van der Waals surface area (Å²) in [5.74, 6) is -4.77. The van der Waals surface area contributed by atoms with Crippen LogP contribution >= 0.6 is 25.3 Å². The molecule has 0 radical (unpaired) electrons. The number of amides is 3. The summed E-state index contributed by atoms with van der Waals surface area (Å²) in [4.78, 5) is 60.0. The molecule has 11 nitrogen and oxygen atoms in total. The highest BCUT2D eigenvalue weighted by molar-refractivity contribution is 7.80. The number of carboxylic acid groups (broad SMARTS) is 2. The van der Waals surface area contributed by atoms with Gasteiger partial charge in [-0.3, -0.25) is 19.2 Å². The Morgan fingerprint density at radius 2 is 1.68 bits per heavy atom. The molecule has 1 aliphatic rings. The fraction of sp³-hybridized carbons (Fsp3) is 0.667. The fourth-order valence-corrected chi connectivity index (χ4v) is 3.22. The van der Waals surface area contributed by atoms with Crippen molar-refractivity contribution in [1.82, 2.24) is 15.5 Å². The van der Waals surface area contributed by atoms with Crippen molar-refractivity contribution in [3.8, 4) is 0 Å². The Kier molecular flexibility index (Phi) is 9.55. The first-order chi connectivity index (χ1) is 13.1. The summed E-state index contributed by atoms with van der Waals surface area (Å²) in [6.07, 6.45) is 0.278. The number of carbonyl (C=O) groups excluding carboxylic acids is 3. The molecule has 1 saturated heterocycles. The summed E-state index contributed by atoms with van der Waals surface area (Å²) >= 11 is 7.85. The van der Waals surface area contributed by atoms with Crippen LogP contribution in [0.15, 0.2) is 0 Å². The molecule has 6 N–H and O–H groups in total. The summed E-state index contributed by atoms with van der Waals surface area (Å²) in [7, 11) is 0. The summed E-state index contributed by atoms with van der Waals surface area (Å²) in [5, 5.41) is 22.4. The third-order valence-electron chi connectivity index (χ3n) is 4.16. The number of nitrogens with one attached hydrogen (secondary N) is 2. The Labute approximate surface area is 172 Å². The monoisotopic (exact) mass is 436 g/mol. The lowest BCUT2D eigenvalue weighted by Crippen LogP contribution is -2.57. The van der Waals surface area contributed by atoms with E-state index in [0.29, 0.717) is 12.8 Å². The largest absolute Gasteiger partial charge is 0.481 e. The van der Waals surface area contributed by atoms with E-state index in [1.807, 2.05) is 0 Å². The second kappa shape index (κ2) is 11.1. The Morgan fingerprint density at radius 1 is 1.07 bits per heavy atom. The van der Waals surface area contributed by atoms with Gasteiger partial charge in [-0.25, -0.2) is 4.79 Å². The minimum atomic E-state index is -1.28. The van der Waals surface area contributed by atoms with Crippen molar-refractivity contribution in [2.75, 3.05) is 18.1 Å². The predicted molar refractivity (Wildman–Crippen MR) is 104 cm³/mol. The average molecular weight is 437 g/mol. The molecule has 28 heavy (non-hydrogen) atoms. The van der Waals surface area contributed by atoms with Crippen molar-refractivity contribution in [2.45, 2.75) is 43.4 Å². The highest BCUT2D eigenvalue weighted by Gasteiger charge is 2.38. The van der Waals surface area contributed by atoms with E-state index in [-0.39, 0.29) is 18.1 Å². The number of rotatable bonds is 10. The zero-order valence-electron chi connectivity index (χ0n) is 14.9. The molecule has 13 heteroatoms. The van der Waals surface area contributed by atoms with Crippen molar-refractivity contribution in [3.63, 3.8) is 0 Å². The van der Waals surface area contributed by atoms with E-state index in [9.17, 15) is 24.0 Å². The van der Waals surface area contributed by atoms with E-state index >= 15 is 0 Å². The van der Waals surface area contributed by atoms with Crippen molar-refractivity contribution in [1.29, 1.82) is 0 Å². The highest BCUT2D eigenvalue weighted by atomic mass is 32.1. The first-order valence-corrected chi connectivity index (χ1v) is 9.72. The molecule has 4 atom stereocenters. The molecule has 1 fully saturated rings. The molecule has 0 bridgehead atoms. The maximum absolute atomic E-state index is 12.6. The van der Waals surface area contributed by atoms with Crippen LogP contribution in [0, 0.1) is 0 Å². The molecule has 1 heterocycles. The molecule has 158 valence electrons. The van der Waals surface area contributed by atoms with Gasteiger partial charge < -0.3 is 31.5 Å². The fourth-order valence-electron chi connectivity index (χ4n) is 2.71. The topological polar surface area (TPSA) is 179 Å². The molecular weight excluding hydrogens is 412 g/mol. The number of thiol groups is 2. The van der Waals surface area contributed by atoms with E-state index in [0.717, 1.165) is 0 Å². The Hall–Kier alpha value is -1.99. The van der Waals surface area contributed by atoms with Gasteiger partial charge in [-0.1, -0.05) is 0 Å². The highest BCUT2D eigenvalue weighted by Crippen LogP contribution is 2.19. The number of hydrogen-bond acceptors (Lipinski definition) is 8. The molecule has 0 aromatic heterocycles. The van der Waals surface area contributed by atoms with Gasteiger partial charge in [0.05, 0.1) is 12.5 Å². The van der Waals surface area contributed by atoms with Crippen molar-refractivity contribution in [3.05, 3.63) is 0 Å². The molecule has 0 spiro atoms. The van der Waals surface area contributed by atoms with E-state index in [2.05, 4.69) is 35.9 Å². The minimum Gasteiger partial charge on any atom is -0.481 e. The van der Waals surface area contributed by atoms with Crippen LogP contribution in [0.5, 0.6) is 0 Å². The normalized spacial score (nSPS) is 19.4. The van der Waals surface area contributed by atoms with Gasteiger partial charge in [-0.05, 0) is 12.8 Å². The number of nitrogens with zero attached hydrogens (tertiary/aromatic N) is 1. The van der Waals surface area contributed by atoms with Gasteiger partial charge in [0, 0.05) is 18.1 Å². The zero-order chi connectivity index (χ0) is 21.4. The number of aliphatic carboxylic acids is 2. The maximum atomic E-state index is 12.6. The van der Waals surface area contributed by atoms with Gasteiger partial charge in [-0.2, -0.15) is 25.3 Å². The van der Waals surface area contributed by atoms with Gasteiger partial charge in [-0.15, -0.1) is 0 Å². The lowest BCUT2D eigenvalue weighted by Gasteiger charge is -2.28. The Balaban J connectivity index is 2.77. The van der Waals surface area contributed by atoms with E-state index < -0.39 is 60.2 Å². The van der Waals surface area contributed by atoms with Crippen LogP contribution in [0.4, 0.5) is 0 Å². The van der Waals surface area contributed by atoms with Crippen LogP contribution in [0.25, 0.3) is 0 Å². The van der Waals surface area contributed by atoms with Gasteiger partial charge in [0.25, 0.3) is 0 Å². The van der Waals surface area contributed by atoms with E-state index in [1.165, 1.54) is 4.90 Å². The molecule has 4 unspecified atom stereocenters. The van der Waals surface area contributed by atoms with E-state index in [4.69, 9.17) is 15.9 Å². The maximum Gasteiger partial charge on any atom is 0.327 e. The average Bonchev–Trinajstić information content (AvgIpc) is 3.11. The molecule has 0 saturated carbocycles. The lowest BCUT2D eigenvalue weighted by molar-refractivity contribution is -0.144. The number of hydrogen-bond donors (Lipinski definition) is 7. The van der Waals surface area contributed by atoms with E-state index in [1.54, 1.807) is 0 Å². The first-order valence-electron chi connectivity index (χ1n) is 8.45. The van der Waals surface area contributed by atoms with Crippen LogP contribution in [-0.4, -0.2) is 87.0 Å². The van der Waals surface area contributed by atoms with Gasteiger partial charge in [0.15, 0.2) is 0 Å². The number of likely N-dealkylation sites (tertiary alicyclic amines) is 1. The number of nitrogens with two attached hydrogens (primary N) is 1. The SMILES string of the molecule is NC(CC(=O)O)C(=O)N1CCCC1C(=O)NC(CS)C(=O)NC(CS)C(=O)O. The first kappa shape index (κ1) is 24.0. The molecule has 1 aliphatic heterocycles. The van der Waals surface area contributed by atoms with Gasteiger partial charge in [0.2, 0.25) is 17.7 Å². The molecule has 1 rings (SSSR count). The summed E-state index contributed by atoms with van der Waals surface area (Å²) < 4.78 is 0. The number of carbonyl (C=O) groups is 5.